The lowest BCUT2D eigenvalue weighted by atomic mass is 10.2. The molecule has 2 aromatic heterocycles. The molecule has 0 radical (unpaired) electrons. The second-order valence-electron chi connectivity index (χ2n) is 6.32. The van der Waals surface area contributed by atoms with Crippen molar-refractivity contribution < 1.29 is 4.42 Å². The molecule has 0 amide bonds. The fourth-order valence-corrected chi connectivity index (χ4v) is 4.00. The highest BCUT2D eigenvalue weighted by Crippen LogP contribution is 2.28. The molecular weight excluding hydrogens is 354 g/mol. The fourth-order valence-electron chi connectivity index (χ4n) is 3.22. The number of fused-ring (bicyclic) bond motifs is 2. The molecule has 0 unspecified atom stereocenters. The summed E-state index contributed by atoms with van der Waals surface area (Å²) in [5.74, 6) is 1.72. The topological polar surface area (TPSA) is 43.9 Å². The molecule has 5 aromatic rings. The van der Waals surface area contributed by atoms with Gasteiger partial charge in [0, 0.05) is 6.54 Å². The number of para-hydroxylation sites is 4. The van der Waals surface area contributed by atoms with Crippen LogP contribution in [0.15, 0.2) is 88.5 Å². The van der Waals surface area contributed by atoms with E-state index in [4.69, 9.17) is 9.40 Å². The van der Waals surface area contributed by atoms with E-state index in [0.29, 0.717) is 11.0 Å². The van der Waals surface area contributed by atoms with E-state index in [0.717, 1.165) is 34.5 Å². The Morgan fingerprint density at radius 2 is 1.52 bits per heavy atom. The smallest absolute Gasteiger partial charge is 0.257 e. The first-order valence-corrected chi connectivity index (χ1v) is 9.82. The Morgan fingerprint density at radius 1 is 0.778 bits per heavy atom. The molecule has 0 aliphatic carbocycles. The Kier molecular flexibility index (Phi) is 4.14. The highest BCUT2D eigenvalue weighted by Gasteiger charge is 2.13. The molecule has 0 fully saturated rings. The van der Waals surface area contributed by atoms with Gasteiger partial charge in [0.25, 0.3) is 5.22 Å². The van der Waals surface area contributed by atoms with E-state index in [-0.39, 0.29) is 0 Å². The van der Waals surface area contributed by atoms with Crippen LogP contribution >= 0.6 is 11.8 Å². The van der Waals surface area contributed by atoms with Crippen molar-refractivity contribution in [2.24, 2.45) is 0 Å². The average Bonchev–Trinajstić information content (AvgIpc) is 3.28. The number of hydrogen-bond acceptors (Lipinski definition) is 4. The molecule has 3 aromatic carbocycles. The number of hydrogen-bond donors (Lipinski definition) is 0. The second-order valence-corrected chi connectivity index (χ2v) is 7.25. The summed E-state index contributed by atoms with van der Waals surface area (Å²) in [6, 6.07) is 26.6. The van der Waals surface area contributed by atoms with Crippen molar-refractivity contribution in [2.75, 3.05) is 0 Å². The number of nitrogens with zero attached hydrogens (tertiary/aromatic N) is 3. The number of imidazole rings is 1. The monoisotopic (exact) mass is 371 g/mol. The Labute approximate surface area is 160 Å². The molecular formula is C22H17N3OS. The lowest BCUT2D eigenvalue weighted by Gasteiger charge is -2.08. The van der Waals surface area contributed by atoms with Crippen molar-refractivity contribution in [2.45, 2.75) is 17.5 Å². The molecule has 0 spiro atoms. The standard InChI is InChI=1S/C22H17N3OS/c1-2-8-16(9-3-1)14-25-19-12-6-4-10-17(19)23-21(25)15-27-22-24-18-11-5-7-13-20(18)26-22/h1-13H,14-15H2. The van der Waals surface area contributed by atoms with Crippen molar-refractivity contribution in [1.29, 1.82) is 0 Å². The summed E-state index contributed by atoms with van der Waals surface area (Å²) in [5, 5.41) is 0.675. The quantitative estimate of drug-likeness (QED) is 0.382. The zero-order chi connectivity index (χ0) is 18.1. The van der Waals surface area contributed by atoms with Gasteiger partial charge in [0.2, 0.25) is 0 Å². The van der Waals surface area contributed by atoms with Gasteiger partial charge < -0.3 is 8.98 Å². The van der Waals surface area contributed by atoms with Crippen molar-refractivity contribution in [3.8, 4) is 0 Å². The Balaban J connectivity index is 1.47. The summed E-state index contributed by atoms with van der Waals surface area (Å²) < 4.78 is 8.11. The number of thioether (sulfide) groups is 1. The molecule has 5 heteroatoms. The third-order valence-electron chi connectivity index (χ3n) is 4.52. The lowest BCUT2D eigenvalue weighted by Crippen LogP contribution is -2.04. The maximum Gasteiger partial charge on any atom is 0.257 e. The molecule has 2 heterocycles. The van der Waals surface area contributed by atoms with Crippen LogP contribution in [0.2, 0.25) is 0 Å². The summed E-state index contributed by atoms with van der Waals surface area (Å²) in [4.78, 5) is 9.41. The Bertz CT molecular complexity index is 1180. The van der Waals surface area contributed by atoms with Crippen LogP contribution in [0.3, 0.4) is 0 Å². The van der Waals surface area contributed by atoms with E-state index in [1.54, 1.807) is 11.8 Å². The van der Waals surface area contributed by atoms with Gasteiger partial charge in [-0.05, 0) is 29.8 Å². The van der Waals surface area contributed by atoms with Crippen molar-refractivity contribution in [3.05, 3.63) is 90.3 Å². The number of aromatic nitrogens is 3. The SMILES string of the molecule is c1ccc(Cn2c(CSc3nc4ccccc4o3)nc3ccccc32)cc1. The summed E-state index contributed by atoms with van der Waals surface area (Å²) in [6.07, 6.45) is 0. The van der Waals surface area contributed by atoms with E-state index in [1.165, 1.54) is 5.56 Å². The van der Waals surface area contributed by atoms with E-state index < -0.39 is 0 Å². The van der Waals surface area contributed by atoms with Gasteiger partial charge in [-0.15, -0.1) is 0 Å². The van der Waals surface area contributed by atoms with Gasteiger partial charge in [0.1, 0.15) is 11.3 Å². The number of benzene rings is 3. The van der Waals surface area contributed by atoms with Crippen LogP contribution in [0.1, 0.15) is 11.4 Å². The minimum Gasteiger partial charge on any atom is -0.431 e. The van der Waals surface area contributed by atoms with E-state index >= 15 is 0 Å². The fraction of sp³-hybridized carbons (Fsp3) is 0.0909. The summed E-state index contributed by atoms with van der Waals surface area (Å²) in [7, 11) is 0. The first kappa shape index (κ1) is 16.1. The summed E-state index contributed by atoms with van der Waals surface area (Å²) in [6.45, 7) is 0.796. The average molecular weight is 371 g/mol. The first-order chi connectivity index (χ1) is 13.4. The van der Waals surface area contributed by atoms with Gasteiger partial charge in [-0.25, -0.2) is 9.97 Å². The molecule has 0 saturated carbocycles. The predicted octanol–water partition coefficient (Wildman–Crippen LogP) is 5.52. The normalized spacial score (nSPS) is 11.4. The predicted molar refractivity (Wildman–Crippen MR) is 109 cm³/mol. The van der Waals surface area contributed by atoms with Crippen LogP contribution in [0.4, 0.5) is 0 Å². The largest absolute Gasteiger partial charge is 0.431 e. The Hall–Kier alpha value is -3.05. The van der Waals surface area contributed by atoms with Crippen LogP contribution in [-0.4, -0.2) is 14.5 Å². The molecule has 0 N–H and O–H groups in total. The molecule has 0 aliphatic heterocycles. The van der Waals surface area contributed by atoms with Crippen LogP contribution < -0.4 is 0 Å². The van der Waals surface area contributed by atoms with Gasteiger partial charge in [-0.2, -0.15) is 0 Å². The van der Waals surface area contributed by atoms with Crippen molar-refractivity contribution in [3.63, 3.8) is 0 Å². The molecule has 132 valence electrons. The van der Waals surface area contributed by atoms with Crippen LogP contribution in [0, 0.1) is 0 Å². The molecule has 0 aliphatic rings. The minimum absolute atomic E-state index is 0.675. The van der Waals surface area contributed by atoms with Gasteiger partial charge in [-0.3, -0.25) is 0 Å². The lowest BCUT2D eigenvalue weighted by molar-refractivity contribution is 0.489. The van der Waals surface area contributed by atoms with Crippen LogP contribution in [0.25, 0.3) is 22.1 Å². The minimum atomic E-state index is 0.675. The van der Waals surface area contributed by atoms with Gasteiger partial charge in [0.15, 0.2) is 5.58 Å². The van der Waals surface area contributed by atoms with Gasteiger partial charge >= 0.3 is 0 Å². The van der Waals surface area contributed by atoms with Crippen LogP contribution in [0.5, 0.6) is 0 Å². The molecule has 0 atom stereocenters. The van der Waals surface area contributed by atoms with Crippen LogP contribution in [-0.2, 0) is 12.3 Å². The highest BCUT2D eigenvalue weighted by atomic mass is 32.2. The number of rotatable bonds is 5. The Morgan fingerprint density at radius 3 is 2.37 bits per heavy atom. The zero-order valence-electron chi connectivity index (χ0n) is 14.6. The van der Waals surface area contributed by atoms with E-state index in [1.807, 2.05) is 36.4 Å². The number of oxazole rings is 1. The molecule has 0 saturated heterocycles. The van der Waals surface area contributed by atoms with Gasteiger partial charge in [0.05, 0.1) is 16.8 Å². The second kappa shape index (κ2) is 6.93. The highest BCUT2D eigenvalue weighted by molar-refractivity contribution is 7.98. The van der Waals surface area contributed by atoms with E-state index in [2.05, 4.69) is 52.0 Å². The zero-order valence-corrected chi connectivity index (χ0v) is 15.4. The maximum absolute atomic E-state index is 5.84. The van der Waals surface area contributed by atoms with Crippen molar-refractivity contribution in [1.82, 2.24) is 14.5 Å². The molecule has 0 bridgehead atoms. The maximum atomic E-state index is 5.84. The third kappa shape index (κ3) is 3.22. The van der Waals surface area contributed by atoms with Crippen molar-refractivity contribution >= 4 is 33.9 Å². The summed E-state index contributed by atoms with van der Waals surface area (Å²) >= 11 is 1.58. The van der Waals surface area contributed by atoms with Gasteiger partial charge in [-0.1, -0.05) is 66.4 Å². The molecule has 27 heavy (non-hydrogen) atoms. The molecule has 5 rings (SSSR count). The summed E-state index contributed by atoms with van der Waals surface area (Å²) in [5.41, 5.74) is 5.13. The third-order valence-corrected chi connectivity index (χ3v) is 5.34. The van der Waals surface area contributed by atoms with E-state index in [9.17, 15) is 0 Å². The molecule has 4 nitrogen and oxygen atoms in total. The first-order valence-electron chi connectivity index (χ1n) is 8.83.